The lowest BCUT2D eigenvalue weighted by atomic mass is 10.0. The van der Waals surface area contributed by atoms with Crippen molar-refractivity contribution >= 4 is 0 Å². The van der Waals surface area contributed by atoms with Crippen LogP contribution in [0.5, 0.6) is 0 Å². The number of hydrogen-bond donors (Lipinski definition) is 1. The summed E-state index contributed by atoms with van der Waals surface area (Å²) in [7, 11) is 1.85. The van der Waals surface area contributed by atoms with E-state index >= 15 is 0 Å². The number of benzene rings is 1. The maximum atomic E-state index is 13.0. The highest BCUT2D eigenvalue weighted by Crippen LogP contribution is 2.18. The highest BCUT2D eigenvalue weighted by Gasteiger charge is 2.08. The fraction of sp³-hybridized carbons (Fsp3) is 0.333. The molecule has 1 nitrogen and oxygen atoms in total. The van der Waals surface area contributed by atoms with Gasteiger partial charge in [-0.05, 0) is 31.2 Å². The van der Waals surface area contributed by atoms with E-state index in [-0.39, 0.29) is 11.9 Å². The Morgan fingerprint density at radius 2 is 2.29 bits per heavy atom. The summed E-state index contributed by atoms with van der Waals surface area (Å²) in [5.74, 6) is 2.42. The molecule has 1 unspecified atom stereocenters. The van der Waals surface area contributed by atoms with E-state index in [1.54, 1.807) is 13.0 Å². The van der Waals surface area contributed by atoms with Crippen molar-refractivity contribution in [1.82, 2.24) is 5.32 Å². The molecule has 0 aliphatic carbocycles. The molecule has 0 aromatic heterocycles. The first-order valence-corrected chi connectivity index (χ1v) is 4.55. The standard InChI is InChI=1S/C12H14FN/c1-4-5-12(14-3)10-6-7-11(13)9(2)8-10/h1,6-8,12,14H,5H2,2-3H3. The van der Waals surface area contributed by atoms with Gasteiger partial charge in [0, 0.05) is 12.5 Å². The highest BCUT2D eigenvalue weighted by atomic mass is 19.1. The largest absolute Gasteiger partial charge is 0.312 e. The monoisotopic (exact) mass is 191 g/mol. The van der Waals surface area contributed by atoms with Gasteiger partial charge in [-0.15, -0.1) is 12.3 Å². The first-order valence-electron chi connectivity index (χ1n) is 4.55. The van der Waals surface area contributed by atoms with Crippen LogP contribution in [0.1, 0.15) is 23.6 Å². The molecule has 0 aliphatic rings. The van der Waals surface area contributed by atoms with E-state index in [0.29, 0.717) is 12.0 Å². The average molecular weight is 191 g/mol. The molecule has 2 heteroatoms. The van der Waals surface area contributed by atoms with E-state index in [0.717, 1.165) is 5.56 Å². The minimum atomic E-state index is -0.177. The average Bonchev–Trinajstić information content (AvgIpc) is 2.19. The summed E-state index contributed by atoms with van der Waals surface area (Å²) in [6, 6.07) is 5.18. The van der Waals surface area contributed by atoms with Gasteiger partial charge >= 0.3 is 0 Å². The van der Waals surface area contributed by atoms with Gasteiger partial charge in [-0.2, -0.15) is 0 Å². The highest BCUT2D eigenvalue weighted by molar-refractivity contribution is 5.27. The minimum Gasteiger partial charge on any atom is -0.312 e. The first-order chi connectivity index (χ1) is 6.69. The Hall–Kier alpha value is -1.33. The van der Waals surface area contributed by atoms with Gasteiger partial charge < -0.3 is 5.32 Å². The van der Waals surface area contributed by atoms with Crippen molar-refractivity contribution in [1.29, 1.82) is 0 Å². The van der Waals surface area contributed by atoms with Gasteiger partial charge in [-0.3, -0.25) is 0 Å². The van der Waals surface area contributed by atoms with Crippen LogP contribution in [0.15, 0.2) is 18.2 Å². The second-order valence-electron chi connectivity index (χ2n) is 3.26. The maximum Gasteiger partial charge on any atom is 0.126 e. The van der Waals surface area contributed by atoms with E-state index in [9.17, 15) is 4.39 Å². The molecular formula is C12H14FN. The van der Waals surface area contributed by atoms with Crippen molar-refractivity contribution in [2.45, 2.75) is 19.4 Å². The third-order valence-corrected chi connectivity index (χ3v) is 2.25. The lowest BCUT2D eigenvalue weighted by Crippen LogP contribution is -2.15. The predicted octanol–water partition coefficient (Wildman–Crippen LogP) is 2.42. The van der Waals surface area contributed by atoms with Crippen LogP contribution in [0.4, 0.5) is 4.39 Å². The van der Waals surface area contributed by atoms with Crippen LogP contribution in [-0.2, 0) is 0 Å². The molecular weight excluding hydrogens is 177 g/mol. The van der Waals surface area contributed by atoms with E-state index < -0.39 is 0 Å². The van der Waals surface area contributed by atoms with Gasteiger partial charge in [-0.25, -0.2) is 4.39 Å². The van der Waals surface area contributed by atoms with Crippen LogP contribution >= 0.6 is 0 Å². The quantitative estimate of drug-likeness (QED) is 0.723. The van der Waals surface area contributed by atoms with Gasteiger partial charge in [-0.1, -0.05) is 12.1 Å². The zero-order valence-corrected chi connectivity index (χ0v) is 8.47. The van der Waals surface area contributed by atoms with Crippen LogP contribution in [0.3, 0.4) is 0 Å². The minimum absolute atomic E-state index is 0.110. The Morgan fingerprint density at radius 1 is 1.57 bits per heavy atom. The van der Waals surface area contributed by atoms with E-state index in [4.69, 9.17) is 6.42 Å². The molecule has 0 amide bonds. The molecule has 0 heterocycles. The molecule has 0 saturated heterocycles. The smallest absolute Gasteiger partial charge is 0.126 e. The van der Waals surface area contributed by atoms with Crippen LogP contribution in [0, 0.1) is 25.1 Å². The van der Waals surface area contributed by atoms with Crippen molar-refractivity contribution in [2.24, 2.45) is 0 Å². The third kappa shape index (κ3) is 2.34. The molecule has 0 aliphatic heterocycles. The van der Waals surface area contributed by atoms with Crippen molar-refractivity contribution in [3.63, 3.8) is 0 Å². The zero-order valence-electron chi connectivity index (χ0n) is 8.47. The van der Waals surface area contributed by atoms with Crippen LogP contribution < -0.4 is 5.32 Å². The summed E-state index contributed by atoms with van der Waals surface area (Å²) >= 11 is 0. The molecule has 1 aromatic rings. The van der Waals surface area contributed by atoms with E-state index in [1.165, 1.54) is 6.07 Å². The van der Waals surface area contributed by atoms with Crippen LogP contribution in [-0.4, -0.2) is 7.05 Å². The number of halogens is 1. The lowest BCUT2D eigenvalue weighted by Gasteiger charge is -2.14. The van der Waals surface area contributed by atoms with Gasteiger partial charge in [0.25, 0.3) is 0 Å². The van der Waals surface area contributed by atoms with E-state index in [2.05, 4.69) is 11.2 Å². The second-order valence-corrected chi connectivity index (χ2v) is 3.26. The number of terminal acetylenes is 1. The second kappa shape index (κ2) is 4.78. The molecule has 1 N–H and O–H groups in total. The van der Waals surface area contributed by atoms with Gasteiger partial charge in [0.15, 0.2) is 0 Å². The fourth-order valence-electron chi connectivity index (χ4n) is 1.39. The normalized spacial score (nSPS) is 12.1. The molecule has 14 heavy (non-hydrogen) atoms. The van der Waals surface area contributed by atoms with Crippen LogP contribution in [0.25, 0.3) is 0 Å². The Labute approximate surface area is 84.3 Å². The van der Waals surface area contributed by atoms with Gasteiger partial charge in [0.1, 0.15) is 5.82 Å². The zero-order chi connectivity index (χ0) is 10.6. The summed E-state index contributed by atoms with van der Waals surface area (Å²) < 4.78 is 13.0. The van der Waals surface area contributed by atoms with Crippen molar-refractivity contribution in [3.8, 4) is 12.3 Å². The lowest BCUT2D eigenvalue weighted by molar-refractivity contribution is 0.596. The number of aryl methyl sites for hydroxylation is 1. The molecule has 1 aromatic carbocycles. The molecule has 0 bridgehead atoms. The first kappa shape index (κ1) is 10.7. The molecule has 1 rings (SSSR count). The Bertz CT molecular complexity index is 352. The molecule has 74 valence electrons. The number of hydrogen-bond acceptors (Lipinski definition) is 1. The van der Waals surface area contributed by atoms with Crippen molar-refractivity contribution in [2.75, 3.05) is 7.05 Å². The summed E-state index contributed by atoms with van der Waals surface area (Å²) in [5.41, 5.74) is 1.68. The molecule has 0 spiro atoms. The van der Waals surface area contributed by atoms with Crippen molar-refractivity contribution in [3.05, 3.63) is 35.1 Å². The molecule has 1 atom stereocenters. The SMILES string of the molecule is C#CCC(NC)c1ccc(F)c(C)c1. The third-order valence-electron chi connectivity index (χ3n) is 2.25. The topological polar surface area (TPSA) is 12.0 Å². The van der Waals surface area contributed by atoms with E-state index in [1.807, 2.05) is 13.1 Å². The number of nitrogens with one attached hydrogen (secondary N) is 1. The fourth-order valence-corrected chi connectivity index (χ4v) is 1.39. The number of rotatable bonds is 3. The summed E-state index contributed by atoms with van der Waals surface area (Å²) in [6.07, 6.45) is 5.86. The Morgan fingerprint density at radius 3 is 2.79 bits per heavy atom. The van der Waals surface area contributed by atoms with Gasteiger partial charge in [0.05, 0.1) is 0 Å². The summed E-state index contributed by atoms with van der Waals surface area (Å²) in [4.78, 5) is 0. The maximum absolute atomic E-state index is 13.0. The Balaban J connectivity index is 2.95. The van der Waals surface area contributed by atoms with Crippen LogP contribution in [0.2, 0.25) is 0 Å². The Kier molecular flexibility index (Phi) is 3.67. The molecule has 0 fully saturated rings. The summed E-state index contributed by atoms with van der Waals surface area (Å²) in [6.45, 7) is 1.75. The predicted molar refractivity (Wildman–Crippen MR) is 56.4 cm³/mol. The van der Waals surface area contributed by atoms with Crippen molar-refractivity contribution < 1.29 is 4.39 Å². The summed E-state index contributed by atoms with van der Waals surface area (Å²) in [5, 5.41) is 3.10. The molecule has 0 saturated carbocycles. The van der Waals surface area contributed by atoms with Gasteiger partial charge in [0.2, 0.25) is 0 Å². The molecule has 0 radical (unpaired) electrons.